The third-order valence-electron chi connectivity index (χ3n) is 0.765. The van der Waals surface area contributed by atoms with Crippen molar-refractivity contribution in [1.29, 1.82) is 0 Å². The molecule has 0 amide bonds. The van der Waals surface area contributed by atoms with E-state index < -0.39 is 15.6 Å². The summed E-state index contributed by atoms with van der Waals surface area (Å²) >= 11 is 0. The van der Waals surface area contributed by atoms with Crippen LogP contribution in [0.25, 0.3) is 0 Å². The van der Waals surface area contributed by atoms with Crippen LogP contribution in [0.2, 0.25) is 0 Å². The Kier molecular flexibility index (Phi) is 15.7. The Bertz CT molecular complexity index is 277. The van der Waals surface area contributed by atoms with E-state index in [0.717, 1.165) is 0 Å². The summed E-state index contributed by atoms with van der Waals surface area (Å²) in [6, 6.07) is 0. The zero-order valence-electron chi connectivity index (χ0n) is 9.61. The molecule has 0 saturated heterocycles. The lowest BCUT2D eigenvalue weighted by Gasteiger charge is -2.34. The van der Waals surface area contributed by atoms with E-state index in [2.05, 4.69) is 8.83 Å². The van der Waals surface area contributed by atoms with Crippen LogP contribution in [0.1, 0.15) is 6.92 Å². The van der Waals surface area contributed by atoms with Crippen molar-refractivity contribution < 1.29 is 32.6 Å². The predicted octanol–water partition coefficient (Wildman–Crippen LogP) is 0.0214. The first-order valence-electron chi connectivity index (χ1n) is 3.07. The first-order chi connectivity index (χ1) is 5.77. The first kappa shape index (κ1) is 24.9. The largest absolute Gasteiger partial charge is 0.790 e. The molecule has 12 heteroatoms. The Balaban J connectivity index is -0.000000240. The van der Waals surface area contributed by atoms with Gasteiger partial charge in [0.1, 0.15) is 0 Å². The van der Waals surface area contributed by atoms with E-state index in [1.165, 1.54) is 12.2 Å². The fourth-order valence-electron chi connectivity index (χ4n) is 0.377. The summed E-state index contributed by atoms with van der Waals surface area (Å²) in [5, 5.41) is 0. The highest BCUT2D eigenvalue weighted by molar-refractivity contribution is 7.58. The van der Waals surface area contributed by atoms with Gasteiger partial charge >= 0.3 is 0 Å². The zero-order chi connectivity index (χ0) is 10.5. The maximum Gasteiger partial charge on any atom is 0.272 e. The molecule has 16 heavy (non-hydrogen) atoms. The molecular weight excluding hydrogens is 264 g/mol. The molecule has 102 valence electrons. The number of phosphoric ester groups is 1. The molecule has 0 fully saturated rings. The van der Waals surface area contributed by atoms with Crippen LogP contribution >= 0.6 is 15.6 Å². The fourth-order valence-corrected chi connectivity index (χ4v) is 1.81. The van der Waals surface area contributed by atoms with Gasteiger partial charge in [0.15, 0.2) is 0 Å². The summed E-state index contributed by atoms with van der Waals surface area (Å²) in [4.78, 5) is 30.2. The van der Waals surface area contributed by atoms with E-state index in [-0.39, 0.29) is 25.1 Å². The van der Waals surface area contributed by atoms with Gasteiger partial charge in [-0.1, -0.05) is 12.2 Å². The van der Waals surface area contributed by atoms with Crippen molar-refractivity contribution in [1.82, 2.24) is 18.5 Å². The molecule has 0 saturated carbocycles. The number of allylic oxidation sites excluding steroid dienone is 1. The SMILES string of the molecule is CC=CCOP(=O)([O-])OP(=O)([O-])[O-].[NH4+].[NH4+].[NH4+]. The van der Waals surface area contributed by atoms with Crippen molar-refractivity contribution in [3.05, 3.63) is 12.2 Å². The van der Waals surface area contributed by atoms with Gasteiger partial charge in [-0.25, -0.2) is 0 Å². The van der Waals surface area contributed by atoms with Crippen molar-refractivity contribution in [2.75, 3.05) is 6.61 Å². The monoisotopic (exact) mass is 283 g/mol. The van der Waals surface area contributed by atoms with E-state index in [9.17, 15) is 23.8 Å². The molecule has 12 N–H and O–H groups in total. The summed E-state index contributed by atoms with van der Waals surface area (Å²) in [6.45, 7) is 1.23. The van der Waals surface area contributed by atoms with E-state index in [4.69, 9.17) is 0 Å². The van der Waals surface area contributed by atoms with Crippen LogP contribution in [-0.2, 0) is 18.0 Å². The summed E-state index contributed by atoms with van der Waals surface area (Å²) < 4.78 is 27.5. The highest BCUT2D eigenvalue weighted by atomic mass is 31.3. The van der Waals surface area contributed by atoms with Crippen LogP contribution in [0, 0.1) is 0 Å². The van der Waals surface area contributed by atoms with Gasteiger partial charge in [-0.2, -0.15) is 0 Å². The molecule has 10 nitrogen and oxygen atoms in total. The fraction of sp³-hybridized carbons (Fsp3) is 0.500. The van der Waals surface area contributed by atoms with Crippen molar-refractivity contribution in [2.45, 2.75) is 6.92 Å². The van der Waals surface area contributed by atoms with Crippen molar-refractivity contribution >= 4 is 15.6 Å². The quantitative estimate of drug-likeness (QED) is 0.461. The molecule has 0 aliphatic heterocycles. The average Bonchev–Trinajstić information content (AvgIpc) is 1.81. The molecule has 0 aromatic heterocycles. The summed E-state index contributed by atoms with van der Waals surface area (Å²) in [7, 11) is -10.6. The summed E-state index contributed by atoms with van der Waals surface area (Å²) in [6.07, 6.45) is 2.78. The minimum Gasteiger partial charge on any atom is -0.790 e. The van der Waals surface area contributed by atoms with Crippen LogP contribution in [0.5, 0.6) is 0 Å². The molecular formula is C4H19N3O7P2. The van der Waals surface area contributed by atoms with Gasteiger partial charge < -0.3 is 42.2 Å². The highest BCUT2D eigenvalue weighted by Crippen LogP contribution is 2.50. The molecule has 1 atom stereocenters. The molecule has 1 unspecified atom stereocenters. The van der Waals surface area contributed by atoms with Gasteiger partial charge in [-0.3, -0.25) is 8.88 Å². The molecule has 0 heterocycles. The lowest BCUT2D eigenvalue weighted by molar-refractivity contribution is -0.339. The summed E-state index contributed by atoms with van der Waals surface area (Å²) in [5.41, 5.74) is 0. The predicted molar refractivity (Wildman–Crippen MR) is 55.0 cm³/mol. The Hall–Kier alpha value is -0.120. The van der Waals surface area contributed by atoms with E-state index in [1.54, 1.807) is 6.92 Å². The van der Waals surface area contributed by atoms with Crippen molar-refractivity contribution in [3.8, 4) is 0 Å². The number of hydrogen-bond donors (Lipinski definition) is 3. The standard InChI is InChI=1S/C4H10O7P2.3H3N/c1-2-3-4-10-13(8,9)11-12(5,6)7;;;/h2-3H,4H2,1H3,(H,8,9)(H2,5,6,7);3*1H3. The minimum absolute atomic E-state index is 0. The zero-order valence-corrected chi connectivity index (χ0v) is 11.4. The van der Waals surface area contributed by atoms with Gasteiger partial charge in [-0.15, -0.1) is 0 Å². The second kappa shape index (κ2) is 10.1. The van der Waals surface area contributed by atoms with Crippen LogP contribution in [0.3, 0.4) is 0 Å². The maximum atomic E-state index is 10.5. The highest BCUT2D eigenvalue weighted by Gasteiger charge is 2.09. The Morgan fingerprint density at radius 3 is 1.88 bits per heavy atom. The molecule has 0 aromatic rings. The lowest BCUT2D eigenvalue weighted by atomic mass is 10.6. The van der Waals surface area contributed by atoms with Crippen LogP contribution in [-0.4, -0.2) is 6.61 Å². The van der Waals surface area contributed by atoms with Crippen LogP contribution in [0.15, 0.2) is 12.2 Å². The second-order valence-electron chi connectivity index (χ2n) is 1.84. The van der Waals surface area contributed by atoms with Crippen molar-refractivity contribution in [2.24, 2.45) is 0 Å². The molecule has 0 aliphatic carbocycles. The van der Waals surface area contributed by atoms with Gasteiger partial charge in [0, 0.05) is 0 Å². The van der Waals surface area contributed by atoms with Crippen molar-refractivity contribution in [3.63, 3.8) is 0 Å². The molecule has 0 bridgehead atoms. The molecule has 0 rings (SSSR count). The van der Waals surface area contributed by atoms with Gasteiger partial charge in [0.05, 0.1) is 14.4 Å². The van der Waals surface area contributed by atoms with Gasteiger partial charge in [0.2, 0.25) is 0 Å². The smallest absolute Gasteiger partial charge is 0.272 e. The van der Waals surface area contributed by atoms with E-state index >= 15 is 0 Å². The van der Waals surface area contributed by atoms with E-state index in [0.29, 0.717) is 0 Å². The Morgan fingerprint density at radius 2 is 1.56 bits per heavy atom. The Morgan fingerprint density at radius 1 is 1.12 bits per heavy atom. The molecule has 0 spiro atoms. The topological polar surface area (TPSA) is 231 Å². The normalized spacial score (nSPS) is 14.2. The minimum atomic E-state index is -5.56. The lowest BCUT2D eigenvalue weighted by Crippen LogP contribution is -2.19. The molecule has 0 aliphatic rings. The third-order valence-corrected chi connectivity index (χ3v) is 2.83. The Labute approximate surface area is 93.3 Å². The number of rotatable bonds is 5. The second-order valence-corrected chi connectivity index (χ2v) is 4.54. The maximum absolute atomic E-state index is 10.5. The first-order valence-corrected chi connectivity index (χ1v) is 5.99. The third kappa shape index (κ3) is 16.3. The summed E-state index contributed by atoms with van der Waals surface area (Å²) in [5.74, 6) is 0. The molecule has 0 radical (unpaired) electrons. The number of hydrogen-bond acceptors (Lipinski definition) is 7. The van der Waals surface area contributed by atoms with Crippen LogP contribution in [0.4, 0.5) is 0 Å². The van der Waals surface area contributed by atoms with Gasteiger partial charge in [0.25, 0.3) is 7.82 Å². The number of quaternary nitrogens is 3. The van der Waals surface area contributed by atoms with Gasteiger partial charge in [-0.05, 0) is 6.92 Å². The molecule has 0 aromatic carbocycles. The van der Waals surface area contributed by atoms with E-state index in [1.807, 2.05) is 0 Å². The number of phosphoric acid groups is 2. The average molecular weight is 283 g/mol. The van der Waals surface area contributed by atoms with Crippen LogP contribution < -0.4 is 33.1 Å².